The molecule has 3 N–H and O–H groups in total. The summed E-state index contributed by atoms with van der Waals surface area (Å²) < 4.78 is 0. The Hall–Kier alpha value is -2.24. The second-order valence-corrected chi connectivity index (χ2v) is 3.96. The van der Waals surface area contributed by atoms with Gasteiger partial charge in [-0.05, 0) is 17.7 Å². The molecule has 4 amide bonds. The highest BCUT2D eigenvalue weighted by atomic mass is 16.2. The van der Waals surface area contributed by atoms with Gasteiger partial charge in [-0.1, -0.05) is 12.1 Å². The average molecular weight is 250 g/mol. The molecule has 1 aromatic carbocycles. The summed E-state index contributed by atoms with van der Waals surface area (Å²) in [5, 5.41) is 7.89. The predicted octanol–water partition coefficient (Wildman–Crippen LogP) is 1.21. The van der Waals surface area contributed by atoms with Gasteiger partial charge in [0.1, 0.15) is 0 Å². The van der Waals surface area contributed by atoms with Crippen molar-refractivity contribution in [3.63, 3.8) is 0 Å². The summed E-state index contributed by atoms with van der Waals surface area (Å²) in [6.07, 6.45) is 0. The minimum Gasteiger partial charge on any atom is -0.341 e. The maximum absolute atomic E-state index is 11.5. The van der Waals surface area contributed by atoms with Crippen molar-refractivity contribution < 1.29 is 9.59 Å². The summed E-state index contributed by atoms with van der Waals surface area (Å²) in [5.74, 6) is 0. The van der Waals surface area contributed by atoms with Gasteiger partial charge in [0.05, 0.1) is 0 Å². The van der Waals surface area contributed by atoms with Gasteiger partial charge in [-0.25, -0.2) is 9.59 Å². The lowest BCUT2D eigenvalue weighted by Gasteiger charge is -2.12. The van der Waals surface area contributed by atoms with Crippen molar-refractivity contribution in [3.05, 3.63) is 29.8 Å². The average Bonchev–Trinajstić information content (AvgIpc) is 2.36. The van der Waals surface area contributed by atoms with E-state index in [0.717, 1.165) is 5.56 Å². The largest absolute Gasteiger partial charge is 0.341 e. The van der Waals surface area contributed by atoms with Crippen LogP contribution in [0.2, 0.25) is 0 Å². The van der Waals surface area contributed by atoms with Crippen LogP contribution in [0.5, 0.6) is 0 Å². The molecule has 6 nitrogen and oxygen atoms in total. The molecule has 1 rings (SSSR count). The second-order valence-electron chi connectivity index (χ2n) is 3.96. The zero-order chi connectivity index (χ0) is 13.5. The van der Waals surface area contributed by atoms with Gasteiger partial charge in [0.2, 0.25) is 0 Å². The number of nitrogens with zero attached hydrogens (tertiary/aromatic N) is 1. The molecule has 0 fully saturated rings. The van der Waals surface area contributed by atoms with Crippen molar-refractivity contribution in [2.24, 2.45) is 0 Å². The number of carbonyl (C=O) groups excluding carboxylic acids is 2. The van der Waals surface area contributed by atoms with Gasteiger partial charge in [0, 0.05) is 33.4 Å². The first-order valence-corrected chi connectivity index (χ1v) is 5.55. The van der Waals surface area contributed by atoms with Crippen LogP contribution in [0.15, 0.2) is 24.3 Å². The normalized spacial score (nSPS) is 9.50. The molecule has 6 heteroatoms. The number of benzene rings is 1. The second kappa shape index (κ2) is 6.48. The van der Waals surface area contributed by atoms with Crippen molar-refractivity contribution in [3.8, 4) is 0 Å². The molecule has 0 unspecified atom stereocenters. The van der Waals surface area contributed by atoms with E-state index in [9.17, 15) is 9.59 Å². The molecule has 0 spiro atoms. The van der Waals surface area contributed by atoms with Crippen LogP contribution in [0, 0.1) is 0 Å². The van der Waals surface area contributed by atoms with Crippen molar-refractivity contribution in [1.29, 1.82) is 0 Å². The fourth-order valence-electron chi connectivity index (χ4n) is 1.27. The molecule has 0 aliphatic carbocycles. The number of urea groups is 2. The minimum absolute atomic E-state index is 0.189. The van der Waals surface area contributed by atoms with E-state index in [0.29, 0.717) is 12.2 Å². The van der Waals surface area contributed by atoms with E-state index in [-0.39, 0.29) is 12.1 Å². The van der Waals surface area contributed by atoms with E-state index in [4.69, 9.17) is 0 Å². The Bertz CT molecular complexity index is 432. The number of anilines is 1. The SMILES string of the molecule is CNC(=O)NCc1cccc(NC(=O)N(C)C)c1. The first kappa shape index (κ1) is 13.8. The quantitative estimate of drug-likeness (QED) is 0.754. The molecule has 0 heterocycles. The highest BCUT2D eigenvalue weighted by Gasteiger charge is 2.04. The first-order chi connectivity index (χ1) is 8.52. The molecule has 0 saturated heterocycles. The lowest BCUT2D eigenvalue weighted by Crippen LogP contribution is -2.32. The third kappa shape index (κ3) is 4.32. The van der Waals surface area contributed by atoms with Crippen LogP contribution < -0.4 is 16.0 Å². The van der Waals surface area contributed by atoms with E-state index in [1.165, 1.54) is 4.90 Å². The number of carbonyl (C=O) groups is 2. The number of hydrogen-bond donors (Lipinski definition) is 3. The summed E-state index contributed by atoms with van der Waals surface area (Å²) in [6, 6.07) is 6.89. The summed E-state index contributed by atoms with van der Waals surface area (Å²) in [5.41, 5.74) is 1.61. The van der Waals surface area contributed by atoms with Crippen LogP contribution in [0.4, 0.5) is 15.3 Å². The molecular weight excluding hydrogens is 232 g/mol. The maximum Gasteiger partial charge on any atom is 0.321 e. The summed E-state index contributed by atoms with van der Waals surface area (Å²) >= 11 is 0. The fourth-order valence-corrected chi connectivity index (χ4v) is 1.27. The Morgan fingerprint density at radius 1 is 1.28 bits per heavy atom. The Labute approximate surface area is 106 Å². The van der Waals surface area contributed by atoms with Crippen LogP contribution in [0.25, 0.3) is 0 Å². The van der Waals surface area contributed by atoms with Crippen LogP contribution in [-0.4, -0.2) is 38.1 Å². The zero-order valence-electron chi connectivity index (χ0n) is 10.8. The lowest BCUT2D eigenvalue weighted by atomic mass is 10.2. The van der Waals surface area contributed by atoms with Gasteiger partial charge in [-0.15, -0.1) is 0 Å². The Morgan fingerprint density at radius 3 is 2.61 bits per heavy atom. The van der Waals surface area contributed by atoms with Crippen LogP contribution in [0.1, 0.15) is 5.56 Å². The molecule has 0 aliphatic heterocycles. The number of amides is 4. The van der Waals surface area contributed by atoms with Crippen LogP contribution in [-0.2, 0) is 6.54 Å². The van der Waals surface area contributed by atoms with Crippen LogP contribution >= 0.6 is 0 Å². The topological polar surface area (TPSA) is 73.5 Å². The van der Waals surface area contributed by atoms with Crippen molar-refractivity contribution in [1.82, 2.24) is 15.5 Å². The minimum atomic E-state index is -0.238. The van der Waals surface area contributed by atoms with E-state index in [1.54, 1.807) is 27.2 Å². The van der Waals surface area contributed by atoms with Gasteiger partial charge in [0.15, 0.2) is 0 Å². The van der Waals surface area contributed by atoms with Gasteiger partial charge in [0.25, 0.3) is 0 Å². The van der Waals surface area contributed by atoms with Gasteiger partial charge >= 0.3 is 12.1 Å². The van der Waals surface area contributed by atoms with E-state index in [1.807, 2.05) is 18.2 Å². The number of nitrogens with one attached hydrogen (secondary N) is 3. The van der Waals surface area contributed by atoms with E-state index >= 15 is 0 Å². The smallest absolute Gasteiger partial charge is 0.321 e. The maximum atomic E-state index is 11.5. The van der Waals surface area contributed by atoms with Crippen molar-refractivity contribution in [2.45, 2.75) is 6.54 Å². The predicted molar refractivity (Wildman–Crippen MR) is 70.4 cm³/mol. The molecule has 0 atom stereocenters. The van der Waals surface area contributed by atoms with E-state index < -0.39 is 0 Å². The van der Waals surface area contributed by atoms with Gasteiger partial charge in [-0.3, -0.25) is 0 Å². The Kier molecular flexibility index (Phi) is 4.98. The number of hydrogen-bond acceptors (Lipinski definition) is 2. The van der Waals surface area contributed by atoms with Gasteiger partial charge < -0.3 is 20.9 Å². The standard InChI is InChI=1S/C12H18N4O2/c1-13-11(17)14-8-9-5-4-6-10(7-9)15-12(18)16(2)3/h4-7H,8H2,1-3H3,(H,15,18)(H2,13,14,17). The number of rotatable bonds is 3. The van der Waals surface area contributed by atoms with Crippen molar-refractivity contribution >= 4 is 17.7 Å². The fraction of sp³-hybridized carbons (Fsp3) is 0.333. The molecule has 0 aliphatic rings. The third-order valence-corrected chi connectivity index (χ3v) is 2.26. The molecule has 98 valence electrons. The molecule has 0 saturated carbocycles. The summed E-state index contributed by atoms with van der Waals surface area (Å²) in [7, 11) is 4.90. The van der Waals surface area contributed by atoms with E-state index in [2.05, 4.69) is 16.0 Å². The lowest BCUT2D eigenvalue weighted by molar-refractivity contribution is 0.230. The highest BCUT2D eigenvalue weighted by molar-refractivity contribution is 5.89. The van der Waals surface area contributed by atoms with Gasteiger partial charge in [-0.2, -0.15) is 0 Å². The van der Waals surface area contributed by atoms with Crippen LogP contribution in [0.3, 0.4) is 0 Å². The summed E-state index contributed by atoms with van der Waals surface area (Å²) in [4.78, 5) is 24.0. The third-order valence-electron chi connectivity index (χ3n) is 2.26. The Balaban J connectivity index is 2.62. The zero-order valence-corrected chi connectivity index (χ0v) is 10.8. The molecule has 0 aromatic heterocycles. The van der Waals surface area contributed by atoms with Crippen molar-refractivity contribution in [2.75, 3.05) is 26.5 Å². The Morgan fingerprint density at radius 2 is 2.00 bits per heavy atom. The molecule has 1 aromatic rings. The molecule has 18 heavy (non-hydrogen) atoms. The molecular formula is C12H18N4O2. The molecule has 0 radical (unpaired) electrons. The first-order valence-electron chi connectivity index (χ1n) is 5.55. The summed E-state index contributed by atoms with van der Waals surface area (Å²) in [6.45, 7) is 0.408. The molecule has 0 bridgehead atoms. The monoisotopic (exact) mass is 250 g/mol. The highest BCUT2D eigenvalue weighted by Crippen LogP contribution is 2.10.